The number of amides is 2. The van der Waals surface area contributed by atoms with Gasteiger partial charge in [-0.15, -0.1) is 0 Å². The fraction of sp³-hybridized carbons (Fsp3) is 0.360. The Morgan fingerprint density at radius 3 is 2.56 bits per heavy atom. The first-order valence-corrected chi connectivity index (χ1v) is 12.8. The number of fused-ring (bicyclic) bond motifs is 1. The van der Waals surface area contributed by atoms with E-state index >= 15 is 0 Å². The lowest BCUT2D eigenvalue weighted by atomic mass is 9.95. The summed E-state index contributed by atoms with van der Waals surface area (Å²) in [5.41, 5.74) is 7.07. The number of rotatable bonds is 7. The Bertz CT molecular complexity index is 1230. The standard InChI is InChI=1S/C25H28FN3O6S/c1-14-24(18-9-10-36(23(31)12-22(27)30)21(18)13-29(14)25(32)33)28-19-8-3-15(26)11-20(19)35-17-6-4-16(34-2)5-7-17/h3,8-11,13,16-17,28H,4-7,12H2,1-2H3,(H2,27,30)(H,32,33). The maximum absolute atomic E-state index is 14.2. The number of primary amides is 1. The predicted octanol–water partition coefficient (Wildman–Crippen LogP) is 4.05. The molecule has 9 nitrogen and oxygen atoms in total. The normalized spacial score (nSPS) is 23.3. The third kappa shape index (κ3) is 5.36. The lowest BCUT2D eigenvalue weighted by Gasteiger charge is -2.31. The van der Waals surface area contributed by atoms with E-state index in [1.165, 1.54) is 24.4 Å². The molecule has 2 amide bonds. The molecule has 192 valence electrons. The van der Waals surface area contributed by atoms with E-state index in [4.69, 9.17) is 15.2 Å². The minimum absolute atomic E-state index is 0.109. The zero-order valence-electron chi connectivity index (χ0n) is 20.0. The van der Waals surface area contributed by atoms with Crippen LogP contribution in [0, 0.1) is 5.82 Å². The van der Waals surface area contributed by atoms with Gasteiger partial charge in [0, 0.05) is 35.6 Å². The van der Waals surface area contributed by atoms with Crippen molar-refractivity contribution in [2.45, 2.75) is 51.2 Å². The average Bonchev–Trinajstić information content (AvgIpc) is 3.26. The van der Waals surface area contributed by atoms with Crippen LogP contribution >= 0.6 is 10.5 Å². The molecular formula is C25H28FN3O6S. The number of carboxylic acid groups (broad SMARTS) is 1. The van der Waals surface area contributed by atoms with E-state index in [9.17, 15) is 23.9 Å². The number of benzene rings is 1. The van der Waals surface area contributed by atoms with Crippen molar-refractivity contribution in [1.82, 2.24) is 4.90 Å². The van der Waals surface area contributed by atoms with Crippen LogP contribution in [-0.2, 0) is 14.3 Å². The van der Waals surface area contributed by atoms with Gasteiger partial charge in [-0.2, -0.15) is 0 Å². The second-order valence-corrected chi connectivity index (χ2v) is 10.5. The maximum atomic E-state index is 14.2. The summed E-state index contributed by atoms with van der Waals surface area (Å²) in [6, 6.07) is 4.12. The molecule has 0 aromatic heterocycles. The molecule has 1 aliphatic carbocycles. The molecule has 2 aliphatic heterocycles. The molecule has 1 atom stereocenters. The summed E-state index contributed by atoms with van der Waals surface area (Å²) in [5.74, 6) is -0.908. The van der Waals surface area contributed by atoms with Crippen LogP contribution in [0.1, 0.15) is 39.0 Å². The van der Waals surface area contributed by atoms with E-state index in [2.05, 4.69) is 5.32 Å². The molecule has 4 N–H and O–H groups in total. The first-order chi connectivity index (χ1) is 17.2. The molecule has 1 aromatic rings. The second kappa shape index (κ2) is 10.7. The molecule has 4 rings (SSSR count). The molecule has 36 heavy (non-hydrogen) atoms. The number of allylic oxidation sites excluding steroid dienone is 3. The van der Waals surface area contributed by atoms with E-state index in [1.807, 2.05) is 0 Å². The Morgan fingerprint density at radius 1 is 1.22 bits per heavy atom. The predicted molar refractivity (Wildman–Crippen MR) is 135 cm³/mol. The van der Waals surface area contributed by atoms with Crippen LogP contribution in [0.15, 0.2) is 52.3 Å². The van der Waals surface area contributed by atoms with Crippen LogP contribution in [0.25, 0.3) is 0 Å². The van der Waals surface area contributed by atoms with Crippen molar-refractivity contribution >= 4 is 38.7 Å². The highest BCUT2D eigenvalue weighted by atomic mass is 32.2. The summed E-state index contributed by atoms with van der Waals surface area (Å²) in [7, 11) is 0.548. The Hall–Kier alpha value is -3.44. The lowest BCUT2D eigenvalue weighted by molar-refractivity contribution is -0.122. The van der Waals surface area contributed by atoms with Gasteiger partial charge in [-0.3, -0.25) is 14.5 Å². The molecule has 11 heteroatoms. The number of halogens is 1. The van der Waals surface area contributed by atoms with Crippen LogP contribution in [0.3, 0.4) is 0 Å². The van der Waals surface area contributed by atoms with Crippen molar-refractivity contribution in [3.63, 3.8) is 0 Å². The Labute approximate surface area is 210 Å². The zero-order chi connectivity index (χ0) is 26.0. The lowest BCUT2D eigenvalue weighted by Crippen LogP contribution is -2.29. The van der Waals surface area contributed by atoms with Crippen LogP contribution in [0.2, 0.25) is 0 Å². The monoisotopic (exact) mass is 517 g/mol. The molecule has 2 heterocycles. The highest BCUT2D eigenvalue weighted by molar-refractivity contribution is 8.31. The first-order valence-electron chi connectivity index (χ1n) is 11.5. The molecule has 3 aliphatic rings. The van der Waals surface area contributed by atoms with Gasteiger partial charge in [0.25, 0.3) is 0 Å². The number of carbonyl (C=O) groups excluding carboxylic acids is 2. The van der Waals surface area contributed by atoms with Crippen molar-refractivity contribution in [2.24, 2.45) is 5.73 Å². The number of ether oxygens (including phenoxy) is 2. The number of hydrogen-bond donors (Lipinski definition) is 3. The summed E-state index contributed by atoms with van der Waals surface area (Å²) in [5, 5.41) is 14.2. The van der Waals surface area contributed by atoms with Gasteiger partial charge in [0.1, 0.15) is 11.6 Å². The highest BCUT2D eigenvalue weighted by Gasteiger charge is 2.33. The van der Waals surface area contributed by atoms with Gasteiger partial charge in [-0.05, 0) is 56.2 Å². The Balaban J connectivity index is 1.63. The molecule has 1 aromatic carbocycles. The van der Waals surface area contributed by atoms with Crippen LogP contribution < -0.4 is 15.8 Å². The van der Waals surface area contributed by atoms with Crippen molar-refractivity contribution in [3.05, 3.63) is 58.2 Å². The van der Waals surface area contributed by atoms with Gasteiger partial charge < -0.3 is 25.6 Å². The molecule has 0 radical (unpaired) electrons. The molecule has 0 spiro atoms. The van der Waals surface area contributed by atoms with Gasteiger partial charge in [0.05, 0.1) is 30.0 Å². The summed E-state index contributed by atoms with van der Waals surface area (Å²) in [6.45, 7) is 1.63. The fourth-order valence-corrected chi connectivity index (χ4v) is 6.18. The van der Waals surface area contributed by atoms with Gasteiger partial charge in [0.15, 0.2) is 5.12 Å². The van der Waals surface area contributed by atoms with Crippen LogP contribution in [-0.4, -0.2) is 51.8 Å². The van der Waals surface area contributed by atoms with Crippen molar-refractivity contribution in [1.29, 1.82) is 0 Å². The summed E-state index contributed by atoms with van der Waals surface area (Å²) in [6.07, 6.45) is 4.72. The fourth-order valence-electron chi connectivity index (χ4n) is 4.44. The van der Waals surface area contributed by atoms with E-state index in [0.29, 0.717) is 33.3 Å². The maximum Gasteiger partial charge on any atom is 0.415 e. The summed E-state index contributed by atoms with van der Waals surface area (Å²) < 4.78 is 25.8. The third-order valence-corrected chi connectivity index (χ3v) is 8.18. The minimum atomic E-state index is -1.23. The molecule has 0 saturated heterocycles. The zero-order valence-corrected chi connectivity index (χ0v) is 20.8. The third-order valence-electron chi connectivity index (χ3n) is 6.33. The molecule has 1 fully saturated rings. The van der Waals surface area contributed by atoms with E-state index < -0.39 is 39.8 Å². The van der Waals surface area contributed by atoms with Crippen LogP contribution in [0.4, 0.5) is 14.9 Å². The molecule has 0 bridgehead atoms. The molecular weight excluding hydrogens is 489 g/mol. The quantitative estimate of drug-likeness (QED) is 0.367. The first kappa shape index (κ1) is 25.6. The van der Waals surface area contributed by atoms with Gasteiger partial charge in [-0.1, -0.05) is 10.5 Å². The van der Waals surface area contributed by atoms with Crippen molar-refractivity contribution in [3.8, 4) is 5.75 Å². The Morgan fingerprint density at radius 2 is 1.92 bits per heavy atom. The van der Waals surface area contributed by atoms with E-state index in [-0.39, 0.29) is 12.2 Å². The van der Waals surface area contributed by atoms with Gasteiger partial charge in [-0.25, -0.2) is 9.18 Å². The van der Waals surface area contributed by atoms with E-state index in [1.54, 1.807) is 25.5 Å². The molecule has 1 unspecified atom stereocenters. The van der Waals surface area contributed by atoms with Crippen LogP contribution in [0.5, 0.6) is 5.75 Å². The highest BCUT2D eigenvalue weighted by Crippen LogP contribution is 2.45. The largest absolute Gasteiger partial charge is 0.488 e. The minimum Gasteiger partial charge on any atom is -0.488 e. The Kier molecular flexibility index (Phi) is 7.60. The second-order valence-electron chi connectivity index (χ2n) is 8.69. The van der Waals surface area contributed by atoms with Crippen molar-refractivity contribution < 1.29 is 33.4 Å². The summed E-state index contributed by atoms with van der Waals surface area (Å²) in [4.78, 5) is 37.4. The number of anilines is 1. The number of methoxy groups -OCH3 is 1. The molecule has 1 saturated carbocycles. The van der Waals surface area contributed by atoms with Gasteiger partial charge >= 0.3 is 6.09 Å². The number of nitrogens with zero attached hydrogens (tertiary/aromatic N) is 1. The SMILES string of the molecule is COC1CCC(Oc2cc(F)ccc2NC2=C(C)N(C(=O)O)C=C3C2=CC=S3C(=O)CC(N)=O)CC1. The average molecular weight is 518 g/mol. The smallest absolute Gasteiger partial charge is 0.415 e. The summed E-state index contributed by atoms with van der Waals surface area (Å²) >= 11 is 0. The van der Waals surface area contributed by atoms with E-state index in [0.717, 1.165) is 30.6 Å². The number of nitrogens with one attached hydrogen (secondary N) is 1. The van der Waals surface area contributed by atoms with Crippen molar-refractivity contribution in [2.75, 3.05) is 12.4 Å². The topological polar surface area (TPSA) is 131 Å². The van der Waals surface area contributed by atoms with Gasteiger partial charge in [0.2, 0.25) is 5.91 Å². The number of hydrogen-bond acceptors (Lipinski definition) is 6. The number of nitrogens with two attached hydrogens (primary N) is 1. The number of carbonyl (C=O) groups is 3.